The van der Waals surface area contributed by atoms with Crippen molar-refractivity contribution >= 4 is 11.6 Å². The van der Waals surface area contributed by atoms with Crippen molar-refractivity contribution in [3.05, 3.63) is 58.6 Å². The highest BCUT2D eigenvalue weighted by atomic mass is 16.5. The Morgan fingerprint density at radius 1 is 1.19 bits per heavy atom. The van der Waals surface area contributed by atoms with Crippen LogP contribution in [0.2, 0.25) is 0 Å². The number of pyridine rings is 1. The van der Waals surface area contributed by atoms with Gasteiger partial charge in [0, 0.05) is 17.8 Å². The fourth-order valence-electron chi connectivity index (χ4n) is 3.94. The number of amides is 1. The summed E-state index contributed by atoms with van der Waals surface area (Å²) >= 11 is 0. The van der Waals surface area contributed by atoms with E-state index in [2.05, 4.69) is 20.6 Å². The molecule has 0 saturated heterocycles. The van der Waals surface area contributed by atoms with Crippen LogP contribution >= 0.6 is 0 Å². The van der Waals surface area contributed by atoms with Crippen LogP contribution in [0.25, 0.3) is 28.5 Å². The Kier molecular flexibility index (Phi) is 4.85. The summed E-state index contributed by atoms with van der Waals surface area (Å²) in [6.07, 6.45) is 5.82. The summed E-state index contributed by atoms with van der Waals surface area (Å²) in [7, 11) is 0. The minimum Gasteiger partial charge on any atom is -0.352 e. The average Bonchev–Trinajstić information content (AvgIpc) is 3.51. The summed E-state index contributed by atoms with van der Waals surface area (Å²) in [5.74, 6) is 0.502. The van der Waals surface area contributed by atoms with Crippen molar-refractivity contribution in [3.8, 4) is 22.8 Å². The molecule has 3 heterocycles. The minimum absolute atomic E-state index is 0.130. The summed E-state index contributed by atoms with van der Waals surface area (Å²) in [6, 6.07) is 11.5. The summed E-state index contributed by atoms with van der Waals surface area (Å²) in [6.45, 7) is 1.88. The number of fused-ring (bicyclic) bond motifs is 1. The van der Waals surface area contributed by atoms with Crippen molar-refractivity contribution in [3.63, 3.8) is 0 Å². The summed E-state index contributed by atoms with van der Waals surface area (Å²) in [4.78, 5) is 29.6. The Balaban J connectivity index is 1.45. The van der Waals surface area contributed by atoms with Gasteiger partial charge in [-0.1, -0.05) is 47.8 Å². The van der Waals surface area contributed by atoms with Crippen molar-refractivity contribution in [2.45, 2.75) is 45.2 Å². The third-order valence-corrected chi connectivity index (χ3v) is 5.59. The summed E-state index contributed by atoms with van der Waals surface area (Å²) < 4.78 is 8.01. The maximum atomic E-state index is 12.8. The summed E-state index contributed by atoms with van der Waals surface area (Å²) in [5.41, 5.74) is 2.47. The largest absolute Gasteiger partial charge is 0.352 e. The Morgan fingerprint density at radius 3 is 2.74 bits per heavy atom. The number of nitrogens with one attached hydrogen (secondary N) is 1. The predicted octanol–water partition coefficient (Wildman–Crippen LogP) is 2.58. The Morgan fingerprint density at radius 2 is 1.97 bits per heavy atom. The maximum Gasteiger partial charge on any atom is 0.350 e. The predicted molar refractivity (Wildman–Crippen MR) is 113 cm³/mol. The van der Waals surface area contributed by atoms with Crippen LogP contribution in [0.1, 0.15) is 31.2 Å². The lowest BCUT2D eigenvalue weighted by Gasteiger charge is -2.10. The molecule has 1 aliphatic rings. The lowest BCUT2D eigenvalue weighted by molar-refractivity contribution is -0.122. The van der Waals surface area contributed by atoms with E-state index in [1.165, 1.54) is 9.08 Å². The first-order valence-corrected chi connectivity index (χ1v) is 10.4. The molecule has 0 radical (unpaired) electrons. The van der Waals surface area contributed by atoms with Crippen LogP contribution in [0, 0.1) is 6.92 Å². The molecule has 0 aliphatic heterocycles. The molecule has 9 nitrogen and oxygen atoms in total. The minimum atomic E-state index is -0.392. The van der Waals surface area contributed by atoms with Crippen LogP contribution in [-0.4, -0.2) is 36.3 Å². The van der Waals surface area contributed by atoms with Gasteiger partial charge in [0.1, 0.15) is 6.54 Å². The van der Waals surface area contributed by atoms with Gasteiger partial charge in [-0.2, -0.15) is 4.98 Å². The Hall–Kier alpha value is -3.75. The van der Waals surface area contributed by atoms with Crippen molar-refractivity contribution < 1.29 is 9.32 Å². The standard InChI is InChI=1S/C22H22N6O3/c1-14-8-10-15(11-9-14)19-24-21(31-26-19)17-7-4-12-27-20(17)25-28(22(27)30)13-18(29)23-16-5-2-3-6-16/h4,7-12,16H,2-3,5-6,13H2,1H3,(H,23,29). The van der Waals surface area contributed by atoms with Gasteiger partial charge in [-0.3, -0.25) is 4.79 Å². The number of benzene rings is 1. The zero-order chi connectivity index (χ0) is 21.4. The molecule has 1 amide bonds. The van der Waals surface area contributed by atoms with Gasteiger partial charge >= 0.3 is 5.69 Å². The molecule has 1 aliphatic carbocycles. The third kappa shape index (κ3) is 3.74. The SMILES string of the molecule is Cc1ccc(-c2noc(-c3cccn4c(=O)n(CC(=O)NC5CCCC5)nc34)n2)cc1. The van der Waals surface area contributed by atoms with E-state index in [4.69, 9.17) is 4.52 Å². The van der Waals surface area contributed by atoms with Crippen molar-refractivity contribution in [2.24, 2.45) is 0 Å². The van der Waals surface area contributed by atoms with Gasteiger partial charge in [-0.25, -0.2) is 13.9 Å². The van der Waals surface area contributed by atoms with Crippen LogP contribution in [0.15, 0.2) is 51.9 Å². The zero-order valence-electron chi connectivity index (χ0n) is 17.1. The Bertz CT molecular complexity index is 1300. The number of carbonyl (C=O) groups excluding carboxylic acids is 1. The van der Waals surface area contributed by atoms with E-state index >= 15 is 0 Å². The smallest absolute Gasteiger partial charge is 0.350 e. The van der Waals surface area contributed by atoms with E-state index in [0.29, 0.717) is 17.0 Å². The van der Waals surface area contributed by atoms with E-state index in [-0.39, 0.29) is 24.4 Å². The molecule has 0 bridgehead atoms. The molecule has 0 atom stereocenters. The number of aryl methyl sites for hydroxylation is 1. The quantitative estimate of drug-likeness (QED) is 0.534. The highest BCUT2D eigenvalue weighted by Crippen LogP contribution is 2.24. The number of carbonyl (C=O) groups is 1. The number of aromatic nitrogens is 5. The van der Waals surface area contributed by atoms with E-state index in [1.54, 1.807) is 18.3 Å². The molecule has 0 unspecified atom stereocenters. The fourth-order valence-corrected chi connectivity index (χ4v) is 3.94. The number of hydrogen-bond donors (Lipinski definition) is 1. The number of hydrogen-bond acceptors (Lipinski definition) is 6. The first-order chi connectivity index (χ1) is 15.1. The van der Waals surface area contributed by atoms with Crippen LogP contribution in [-0.2, 0) is 11.3 Å². The molecule has 0 spiro atoms. The van der Waals surface area contributed by atoms with Crippen LogP contribution in [0.3, 0.4) is 0 Å². The topological polar surface area (TPSA) is 107 Å². The molecule has 1 saturated carbocycles. The molecule has 9 heteroatoms. The van der Waals surface area contributed by atoms with Gasteiger partial charge in [-0.05, 0) is 31.9 Å². The van der Waals surface area contributed by atoms with E-state index in [1.807, 2.05) is 31.2 Å². The lowest BCUT2D eigenvalue weighted by Crippen LogP contribution is -2.37. The van der Waals surface area contributed by atoms with Crippen LogP contribution in [0.5, 0.6) is 0 Å². The van der Waals surface area contributed by atoms with E-state index in [0.717, 1.165) is 36.8 Å². The third-order valence-electron chi connectivity index (χ3n) is 5.59. The van der Waals surface area contributed by atoms with Crippen molar-refractivity contribution in [1.82, 2.24) is 29.6 Å². The number of rotatable bonds is 5. The first-order valence-electron chi connectivity index (χ1n) is 10.4. The van der Waals surface area contributed by atoms with E-state index in [9.17, 15) is 9.59 Å². The fraction of sp³-hybridized carbons (Fsp3) is 0.318. The van der Waals surface area contributed by atoms with E-state index < -0.39 is 5.69 Å². The second kappa shape index (κ2) is 7.82. The second-order valence-corrected chi connectivity index (χ2v) is 7.89. The average molecular weight is 418 g/mol. The molecule has 4 aromatic rings. The van der Waals surface area contributed by atoms with Gasteiger partial charge in [-0.15, -0.1) is 5.10 Å². The van der Waals surface area contributed by atoms with Gasteiger partial charge in [0.15, 0.2) is 5.65 Å². The highest BCUT2D eigenvalue weighted by molar-refractivity contribution is 5.76. The maximum absolute atomic E-state index is 12.8. The van der Waals surface area contributed by atoms with Crippen molar-refractivity contribution in [1.29, 1.82) is 0 Å². The molecular weight excluding hydrogens is 396 g/mol. The van der Waals surface area contributed by atoms with Gasteiger partial charge in [0.2, 0.25) is 11.7 Å². The van der Waals surface area contributed by atoms with Crippen LogP contribution in [0.4, 0.5) is 0 Å². The normalized spacial score (nSPS) is 14.4. The molecule has 31 heavy (non-hydrogen) atoms. The molecule has 1 fully saturated rings. The molecular formula is C22H22N6O3. The summed E-state index contributed by atoms with van der Waals surface area (Å²) in [5, 5.41) is 11.4. The number of nitrogens with zero attached hydrogens (tertiary/aromatic N) is 5. The van der Waals surface area contributed by atoms with Crippen molar-refractivity contribution in [2.75, 3.05) is 0 Å². The molecule has 1 aromatic carbocycles. The van der Waals surface area contributed by atoms with Gasteiger partial charge < -0.3 is 9.84 Å². The van der Waals surface area contributed by atoms with Crippen LogP contribution < -0.4 is 11.0 Å². The lowest BCUT2D eigenvalue weighted by atomic mass is 10.1. The zero-order valence-corrected chi connectivity index (χ0v) is 17.1. The molecule has 3 aromatic heterocycles. The van der Waals surface area contributed by atoms with Gasteiger partial charge in [0.05, 0.1) is 5.56 Å². The second-order valence-electron chi connectivity index (χ2n) is 7.89. The molecule has 158 valence electrons. The Labute approximate surface area is 177 Å². The highest BCUT2D eigenvalue weighted by Gasteiger charge is 2.21. The molecule has 5 rings (SSSR count). The van der Waals surface area contributed by atoms with Gasteiger partial charge in [0.25, 0.3) is 5.89 Å². The monoisotopic (exact) mass is 418 g/mol. The molecule has 1 N–H and O–H groups in total. The first kappa shape index (κ1) is 19.2.